The summed E-state index contributed by atoms with van der Waals surface area (Å²) in [6.45, 7) is 5.16. The Hall–Kier alpha value is -1.81. The highest BCUT2D eigenvalue weighted by Crippen LogP contribution is 2.55. The molecular formula is C21H22Cl2F4N2O2Si. The fourth-order valence-electron chi connectivity index (χ4n) is 3.74. The third-order valence-electron chi connectivity index (χ3n) is 5.02. The Morgan fingerprint density at radius 1 is 1.19 bits per heavy atom. The van der Waals surface area contributed by atoms with E-state index in [1.54, 1.807) is 19.6 Å². The highest BCUT2D eigenvalue weighted by atomic mass is 35.5. The molecule has 0 spiro atoms. The third-order valence-corrected chi connectivity index (χ3v) is 6.70. The van der Waals surface area contributed by atoms with Crippen molar-refractivity contribution in [3.05, 3.63) is 62.9 Å². The van der Waals surface area contributed by atoms with Crippen LogP contribution < -0.4 is 10.6 Å². The molecular weight excluding hydrogens is 487 g/mol. The number of hydrogen-bond donors (Lipinski definition) is 2. The van der Waals surface area contributed by atoms with Gasteiger partial charge < -0.3 is 15.1 Å². The van der Waals surface area contributed by atoms with Crippen LogP contribution in [-0.4, -0.2) is 20.5 Å². The van der Waals surface area contributed by atoms with Crippen LogP contribution in [0.2, 0.25) is 29.7 Å². The summed E-state index contributed by atoms with van der Waals surface area (Å²) >= 11 is 12.7. The van der Waals surface area contributed by atoms with Crippen molar-refractivity contribution >= 4 is 43.2 Å². The standard InChI is InChI=1S/C21H22Cl2F4N2O2Si/c1-32(2,3)31-20(21(25,26)27)9-8-14-15(20)10-16(22)18(17(14)23)29-19(30)28-11-12-4-6-13(24)7-5-12/h4-7,10H,8-9,11H2,1-3H3,(H2,28,29,30). The number of nitrogens with one attached hydrogen (secondary N) is 2. The molecule has 4 nitrogen and oxygen atoms in total. The van der Waals surface area contributed by atoms with Crippen molar-refractivity contribution in [2.45, 2.75) is 50.8 Å². The summed E-state index contributed by atoms with van der Waals surface area (Å²) in [5.41, 5.74) is -1.66. The fraction of sp³-hybridized carbons (Fsp3) is 0.381. The zero-order valence-corrected chi connectivity index (χ0v) is 20.1. The molecule has 2 aromatic carbocycles. The van der Waals surface area contributed by atoms with Crippen molar-refractivity contribution in [2.24, 2.45) is 0 Å². The van der Waals surface area contributed by atoms with Gasteiger partial charge in [0.1, 0.15) is 5.82 Å². The topological polar surface area (TPSA) is 50.4 Å². The van der Waals surface area contributed by atoms with Gasteiger partial charge in [0.2, 0.25) is 0 Å². The lowest BCUT2D eigenvalue weighted by atomic mass is 9.95. The molecule has 1 atom stereocenters. The second-order valence-corrected chi connectivity index (χ2v) is 13.8. The number of alkyl halides is 3. The SMILES string of the molecule is C[Si](C)(C)OC1(C(F)(F)F)CCc2c1cc(Cl)c(NC(=O)NCc1ccc(F)cc1)c2Cl. The molecule has 0 saturated heterocycles. The van der Waals surface area contributed by atoms with Gasteiger partial charge in [0.15, 0.2) is 13.9 Å². The zero-order valence-electron chi connectivity index (χ0n) is 17.6. The summed E-state index contributed by atoms with van der Waals surface area (Å²) in [4.78, 5) is 12.3. The van der Waals surface area contributed by atoms with Crippen molar-refractivity contribution in [3.63, 3.8) is 0 Å². The lowest BCUT2D eigenvalue weighted by Crippen LogP contribution is -2.49. The second-order valence-electron chi connectivity index (χ2n) is 8.55. The number of carbonyl (C=O) groups is 1. The fourth-order valence-corrected chi connectivity index (χ4v) is 5.76. The number of fused-ring (bicyclic) bond motifs is 1. The van der Waals surface area contributed by atoms with E-state index in [1.807, 2.05) is 0 Å². The molecule has 1 aliphatic carbocycles. The molecule has 0 saturated carbocycles. The average molecular weight is 509 g/mol. The van der Waals surface area contributed by atoms with Crippen molar-refractivity contribution in [3.8, 4) is 0 Å². The van der Waals surface area contributed by atoms with Crippen molar-refractivity contribution in [1.82, 2.24) is 5.32 Å². The number of hydrogen-bond acceptors (Lipinski definition) is 2. The molecule has 1 aliphatic rings. The first-order valence-corrected chi connectivity index (χ1v) is 14.0. The number of amides is 2. The van der Waals surface area contributed by atoms with Crippen LogP contribution in [0.15, 0.2) is 30.3 Å². The summed E-state index contributed by atoms with van der Waals surface area (Å²) in [7, 11) is -2.60. The molecule has 2 aromatic rings. The Kier molecular flexibility index (Phi) is 6.87. The number of anilines is 1. The van der Waals surface area contributed by atoms with Gasteiger partial charge in [-0.15, -0.1) is 0 Å². The minimum Gasteiger partial charge on any atom is -0.400 e. The number of benzene rings is 2. The van der Waals surface area contributed by atoms with Crippen molar-refractivity contribution in [2.75, 3.05) is 5.32 Å². The highest BCUT2D eigenvalue weighted by molar-refractivity contribution is 6.69. The summed E-state index contributed by atoms with van der Waals surface area (Å²) in [5, 5.41) is 4.90. The highest BCUT2D eigenvalue weighted by Gasteiger charge is 2.61. The second kappa shape index (κ2) is 8.85. The Balaban J connectivity index is 1.87. The van der Waals surface area contributed by atoms with Gasteiger partial charge in [-0.3, -0.25) is 0 Å². The van der Waals surface area contributed by atoms with Gasteiger partial charge in [-0.2, -0.15) is 13.2 Å². The van der Waals surface area contributed by atoms with E-state index in [1.165, 1.54) is 30.3 Å². The normalized spacial score (nSPS) is 18.4. The lowest BCUT2D eigenvalue weighted by molar-refractivity contribution is -0.257. The van der Waals surface area contributed by atoms with Crippen LogP contribution in [0.4, 0.5) is 28.0 Å². The smallest absolute Gasteiger partial charge is 0.400 e. The Bertz CT molecular complexity index is 1030. The van der Waals surface area contributed by atoms with Crippen LogP contribution in [0.5, 0.6) is 0 Å². The lowest BCUT2D eigenvalue weighted by Gasteiger charge is -2.38. The molecule has 32 heavy (non-hydrogen) atoms. The van der Waals surface area contributed by atoms with Crippen LogP contribution in [-0.2, 0) is 23.0 Å². The number of rotatable bonds is 5. The van der Waals surface area contributed by atoms with Crippen LogP contribution in [0, 0.1) is 5.82 Å². The van der Waals surface area contributed by atoms with Gasteiger partial charge in [0, 0.05) is 6.54 Å². The van der Waals surface area contributed by atoms with Crippen LogP contribution in [0.25, 0.3) is 0 Å². The minimum absolute atomic E-state index is 0.0228. The van der Waals surface area contributed by atoms with Gasteiger partial charge in [0.05, 0.1) is 15.7 Å². The number of halogens is 6. The molecule has 0 aliphatic heterocycles. The number of urea groups is 1. The number of carbonyl (C=O) groups excluding carboxylic acids is 1. The largest absolute Gasteiger partial charge is 0.420 e. The van der Waals surface area contributed by atoms with Gasteiger partial charge in [-0.1, -0.05) is 35.3 Å². The van der Waals surface area contributed by atoms with Gasteiger partial charge in [-0.25, -0.2) is 9.18 Å². The third kappa shape index (κ3) is 5.06. The quantitative estimate of drug-likeness (QED) is 0.337. The maximum absolute atomic E-state index is 14.2. The van der Waals surface area contributed by atoms with Crippen LogP contribution in [0.3, 0.4) is 0 Å². The zero-order chi connectivity index (χ0) is 23.9. The molecule has 2 amide bonds. The van der Waals surface area contributed by atoms with Gasteiger partial charge in [0.25, 0.3) is 0 Å². The van der Waals surface area contributed by atoms with Crippen molar-refractivity contribution < 1.29 is 26.8 Å². The van der Waals surface area contributed by atoms with E-state index in [9.17, 15) is 22.4 Å². The molecule has 0 radical (unpaired) electrons. The maximum atomic E-state index is 14.2. The van der Waals surface area contributed by atoms with E-state index >= 15 is 0 Å². The van der Waals surface area contributed by atoms with E-state index in [0.29, 0.717) is 5.56 Å². The van der Waals surface area contributed by atoms with E-state index in [0.717, 1.165) is 0 Å². The predicted octanol–water partition coefficient (Wildman–Crippen LogP) is 7.01. The molecule has 0 heterocycles. The van der Waals surface area contributed by atoms with E-state index in [2.05, 4.69) is 10.6 Å². The van der Waals surface area contributed by atoms with Crippen LogP contribution in [0.1, 0.15) is 23.1 Å². The van der Waals surface area contributed by atoms with E-state index in [4.69, 9.17) is 27.6 Å². The van der Waals surface area contributed by atoms with E-state index < -0.39 is 31.9 Å². The summed E-state index contributed by atoms with van der Waals surface area (Å²) in [6.07, 6.45) is -4.94. The molecule has 2 N–H and O–H groups in total. The molecule has 0 bridgehead atoms. The first-order chi connectivity index (χ1) is 14.7. The van der Waals surface area contributed by atoms with Gasteiger partial charge >= 0.3 is 12.2 Å². The minimum atomic E-state index is -4.66. The summed E-state index contributed by atoms with van der Waals surface area (Å²) in [6, 6.07) is 6.08. The van der Waals surface area contributed by atoms with Crippen LogP contribution >= 0.6 is 23.2 Å². The Labute approximate surface area is 194 Å². The molecule has 0 aromatic heterocycles. The molecule has 0 fully saturated rings. The maximum Gasteiger partial charge on any atom is 0.420 e. The van der Waals surface area contributed by atoms with E-state index in [-0.39, 0.29) is 46.2 Å². The van der Waals surface area contributed by atoms with Gasteiger partial charge in [-0.05, 0) is 67.4 Å². The molecule has 1 unspecified atom stereocenters. The van der Waals surface area contributed by atoms with Crippen molar-refractivity contribution in [1.29, 1.82) is 0 Å². The predicted molar refractivity (Wildman–Crippen MR) is 119 cm³/mol. The first kappa shape index (κ1) is 24.8. The average Bonchev–Trinajstić information content (AvgIpc) is 3.02. The summed E-state index contributed by atoms with van der Waals surface area (Å²) in [5.74, 6) is -0.400. The Morgan fingerprint density at radius 3 is 2.38 bits per heavy atom. The molecule has 174 valence electrons. The summed E-state index contributed by atoms with van der Waals surface area (Å²) < 4.78 is 61.2. The molecule has 3 rings (SSSR count). The molecule has 11 heteroatoms. The Morgan fingerprint density at radius 2 is 1.81 bits per heavy atom. The monoisotopic (exact) mass is 508 g/mol. The first-order valence-electron chi connectivity index (χ1n) is 9.81.